The van der Waals surface area contributed by atoms with Crippen LogP contribution in [0.5, 0.6) is 0 Å². The maximum absolute atomic E-state index is 14.1. The number of aryl methyl sites for hydroxylation is 1. The number of hydrogen-bond acceptors (Lipinski definition) is 6. The van der Waals surface area contributed by atoms with Gasteiger partial charge in [-0.1, -0.05) is 25.4 Å². The van der Waals surface area contributed by atoms with Gasteiger partial charge in [0, 0.05) is 42.1 Å². The van der Waals surface area contributed by atoms with Crippen molar-refractivity contribution in [1.82, 2.24) is 19.9 Å². The van der Waals surface area contributed by atoms with E-state index in [4.69, 9.17) is 16.3 Å². The first-order valence-electron chi connectivity index (χ1n) is 11.2. The fourth-order valence-corrected chi connectivity index (χ4v) is 4.14. The van der Waals surface area contributed by atoms with E-state index in [-0.39, 0.29) is 23.1 Å². The Bertz CT molecular complexity index is 1340. The average molecular weight is 516 g/mol. The summed E-state index contributed by atoms with van der Waals surface area (Å²) >= 11 is 6.92. The zero-order valence-electron chi connectivity index (χ0n) is 20.3. The van der Waals surface area contributed by atoms with Crippen LogP contribution in [0.1, 0.15) is 49.6 Å². The van der Waals surface area contributed by atoms with E-state index in [2.05, 4.69) is 19.9 Å². The fourth-order valence-electron chi connectivity index (χ4n) is 3.82. The normalized spacial score (nSPS) is 16.3. The third-order valence-corrected chi connectivity index (χ3v) is 6.24. The predicted molar refractivity (Wildman–Crippen MR) is 131 cm³/mol. The van der Waals surface area contributed by atoms with Crippen LogP contribution < -0.4 is 4.90 Å². The highest BCUT2D eigenvalue weighted by Gasteiger charge is 2.35. The van der Waals surface area contributed by atoms with Gasteiger partial charge in [0.05, 0.1) is 22.3 Å². The molecular formula is C26H25ClF3N5O. The van der Waals surface area contributed by atoms with E-state index in [0.29, 0.717) is 11.5 Å². The second-order valence-electron chi connectivity index (χ2n) is 9.13. The zero-order valence-corrected chi connectivity index (χ0v) is 21.0. The molecule has 6 nitrogen and oxygen atoms in total. The van der Waals surface area contributed by atoms with E-state index in [9.17, 15) is 13.2 Å². The molecule has 0 bridgehead atoms. The van der Waals surface area contributed by atoms with Crippen LogP contribution in [0.15, 0.2) is 65.6 Å². The van der Waals surface area contributed by atoms with Gasteiger partial charge in [-0.2, -0.15) is 0 Å². The molecule has 0 N–H and O–H groups in total. The minimum Gasteiger partial charge on any atom is -0.486 e. The van der Waals surface area contributed by atoms with E-state index in [1.807, 2.05) is 24.8 Å². The smallest absolute Gasteiger partial charge is 0.151 e. The van der Waals surface area contributed by atoms with E-state index in [0.717, 1.165) is 29.2 Å². The van der Waals surface area contributed by atoms with E-state index < -0.39 is 29.8 Å². The van der Waals surface area contributed by atoms with Gasteiger partial charge >= 0.3 is 0 Å². The molecule has 3 aromatic heterocycles. The number of pyridine rings is 2. The number of anilines is 1. The molecule has 4 rings (SSSR count). The third kappa shape index (κ3) is 5.06. The first kappa shape index (κ1) is 25.6. The van der Waals surface area contributed by atoms with Crippen LogP contribution in [0.4, 0.5) is 18.9 Å². The van der Waals surface area contributed by atoms with Crippen molar-refractivity contribution in [3.63, 3.8) is 0 Å². The molecule has 1 atom stereocenters. The van der Waals surface area contributed by atoms with Gasteiger partial charge in [-0.05, 0) is 31.5 Å². The minimum atomic E-state index is -0.895. The van der Waals surface area contributed by atoms with Crippen molar-refractivity contribution in [2.24, 2.45) is 0 Å². The lowest BCUT2D eigenvalue weighted by Crippen LogP contribution is -2.33. The van der Waals surface area contributed by atoms with Crippen LogP contribution in [-0.2, 0) is 16.8 Å². The van der Waals surface area contributed by atoms with E-state index in [1.165, 1.54) is 0 Å². The molecule has 0 radical (unpaired) electrons. The summed E-state index contributed by atoms with van der Waals surface area (Å²) in [4.78, 5) is 18.9. The second-order valence-corrected chi connectivity index (χ2v) is 9.53. The Kier molecular flexibility index (Phi) is 7.31. The summed E-state index contributed by atoms with van der Waals surface area (Å²) < 4.78 is 47.0. The van der Waals surface area contributed by atoms with Crippen LogP contribution in [-0.4, -0.2) is 26.6 Å². The molecule has 1 aliphatic heterocycles. The van der Waals surface area contributed by atoms with Crippen molar-refractivity contribution >= 4 is 17.3 Å². The monoisotopic (exact) mass is 515 g/mol. The quantitative estimate of drug-likeness (QED) is 0.371. The highest BCUT2D eigenvalue weighted by Crippen LogP contribution is 2.43. The molecular weight excluding hydrogens is 491 g/mol. The van der Waals surface area contributed by atoms with Gasteiger partial charge in [0.15, 0.2) is 5.82 Å². The summed E-state index contributed by atoms with van der Waals surface area (Å²) in [5, 5.41) is 0.280. The number of aromatic nitrogens is 4. The van der Waals surface area contributed by atoms with Crippen LogP contribution in [0.25, 0.3) is 0 Å². The number of nitrogens with zero attached hydrogens (tertiary/aromatic N) is 5. The highest BCUT2D eigenvalue weighted by atomic mass is 35.5. The number of alkyl halides is 1. The zero-order chi connectivity index (χ0) is 26.0. The lowest BCUT2D eigenvalue weighted by molar-refractivity contribution is 0.198. The Morgan fingerprint density at radius 3 is 2.58 bits per heavy atom. The number of rotatable bonds is 7. The summed E-state index contributed by atoms with van der Waals surface area (Å²) in [6, 6.07) is 3.68. The molecule has 0 saturated heterocycles. The van der Waals surface area contributed by atoms with Gasteiger partial charge in [-0.15, -0.1) is 0 Å². The Hall–Kier alpha value is -3.46. The summed E-state index contributed by atoms with van der Waals surface area (Å²) in [5.74, 6) is -0.966. The van der Waals surface area contributed by atoms with Crippen LogP contribution in [0.2, 0.25) is 0 Å². The predicted octanol–water partition coefficient (Wildman–Crippen LogP) is 6.23. The number of allylic oxidation sites excluding steroid dienone is 2. The van der Waals surface area contributed by atoms with Gasteiger partial charge in [-0.3, -0.25) is 14.4 Å². The average Bonchev–Trinajstić information content (AvgIpc) is 2.85. The molecule has 10 heteroatoms. The molecule has 0 aromatic carbocycles. The Labute approximate surface area is 212 Å². The molecule has 0 aliphatic carbocycles. The lowest BCUT2D eigenvalue weighted by atomic mass is 9.94. The SMILES string of the molecule is CC1=CC(OCc2ncc(F)cc2F)=C(Cl)C(c2ccnc(C(C)(C)CF)n2)N1c1ccncc1C. The molecule has 0 spiro atoms. The second kappa shape index (κ2) is 10.3. The van der Waals surface area contributed by atoms with Crippen LogP contribution in [0.3, 0.4) is 0 Å². The van der Waals surface area contributed by atoms with Gasteiger partial charge in [0.25, 0.3) is 0 Å². The number of halogens is 4. The lowest BCUT2D eigenvalue weighted by Gasteiger charge is -2.38. The third-order valence-electron chi connectivity index (χ3n) is 5.85. The van der Waals surface area contributed by atoms with Crippen molar-refractivity contribution in [3.05, 3.63) is 100.0 Å². The molecule has 0 fully saturated rings. The standard InChI is InChI=1S/C26H25ClF3N5O/c1-15-11-31-7-6-21(15)35-16(2)9-22(36-13-20-18(30)10-17(29)12-33-20)23(27)24(35)19-5-8-32-25(34-19)26(3,4)14-28/h5-12,24H,13-14H2,1-4H3. The maximum atomic E-state index is 14.1. The molecule has 0 amide bonds. The summed E-state index contributed by atoms with van der Waals surface area (Å²) in [7, 11) is 0. The molecule has 36 heavy (non-hydrogen) atoms. The van der Waals surface area contributed by atoms with Crippen LogP contribution in [0, 0.1) is 18.6 Å². The van der Waals surface area contributed by atoms with Crippen molar-refractivity contribution in [1.29, 1.82) is 0 Å². The largest absolute Gasteiger partial charge is 0.486 e. The first-order valence-corrected chi connectivity index (χ1v) is 11.6. The van der Waals surface area contributed by atoms with Gasteiger partial charge in [-0.25, -0.2) is 18.7 Å². The molecule has 1 aliphatic rings. The van der Waals surface area contributed by atoms with Gasteiger partial charge in [0.2, 0.25) is 0 Å². The van der Waals surface area contributed by atoms with Crippen molar-refractivity contribution in [2.45, 2.75) is 45.8 Å². The molecule has 3 aromatic rings. The van der Waals surface area contributed by atoms with E-state index >= 15 is 0 Å². The Balaban J connectivity index is 1.79. The van der Waals surface area contributed by atoms with Gasteiger partial charge in [0.1, 0.15) is 42.4 Å². The molecule has 188 valence electrons. The van der Waals surface area contributed by atoms with Crippen LogP contribution >= 0.6 is 11.6 Å². The van der Waals surface area contributed by atoms with Crippen molar-refractivity contribution in [2.75, 3.05) is 11.6 Å². The van der Waals surface area contributed by atoms with Gasteiger partial charge < -0.3 is 9.64 Å². The summed E-state index contributed by atoms with van der Waals surface area (Å²) in [5.41, 5.74) is 2.09. The topological polar surface area (TPSA) is 64.0 Å². The number of hydrogen-bond donors (Lipinski definition) is 0. The molecule has 1 unspecified atom stereocenters. The Morgan fingerprint density at radius 1 is 1.11 bits per heavy atom. The summed E-state index contributed by atoms with van der Waals surface area (Å²) in [6.45, 7) is 6.35. The fraction of sp³-hybridized carbons (Fsp3) is 0.308. The Morgan fingerprint density at radius 2 is 1.89 bits per heavy atom. The first-order chi connectivity index (χ1) is 17.1. The highest BCUT2D eigenvalue weighted by molar-refractivity contribution is 6.31. The molecule has 4 heterocycles. The summed E-state index contributed by atoms with van der Waals surface area (Å²) in [6.07, 6.45) is 7.64. The number of ether oxygens (including phenoxy) is 1. The van der Waals surface area contributed by atoms with Crippen molar-refractivity contribution < 1.29 is 17.9 Å². The van der Waals surface area contributed by atoms with Crippen molar-refractivity contribution in [3.8, 4) is 0 Å². The minimum absolute atomic E-state index is 0.0580. The maximum Gasteiger partial charge on any atom is 0.151 e. The molecule has 0 saturated carbocycles. The van der Waals surface area contributed by atoms with E-state index in [1.54, 1.807) is 44.6 Å².